The van der Waals surface area contributed by atoms with Crippen LogP contribution >= 0.6 is 0 Å². The summed E-state index contributed by atoms with van der Waals surface area (Å²) in [5.41, 5.74) is -2.29. The molecule has 2 aliphatic rings. The van der Waals surface area contributed by atoms with E-state index in [9.17, 15) is 24.3 Å². The van der Waals surface area contributed by atoms with E-state index in [1.165, 1.54) is 12.7 Å². The van der Waals surface area contributed by atoms with E-state index < -0.39 is 83.0 Å². The Bertz CT molecular complexity index is 1730. The van der Waals surface area contributed by atoms with Gasteiger partial charge in [-0.2, -0.15) is 0 Å². The van der Waals surface area contributed by atoms with Crippen LogP contribution in [0.3, 0.4) is 0 Å². The first kappa shape index (κ1) is 44.4. The Kier molecular flexibility index (Phi) is 13.2. The average Bonchev–Trinajstić information content (AvgIpc) is 3.65. The maximum absolute atomic E-state index is 12.7. The summed E-state index contributed by atoms with van der Waals surface area (Å²) in [5.74, 6) is -2.04. The molecule has 19 nitrogen and oxygen atoms in total. The number of carbonyl (C=O) groups is 4. The minimum atomic E-state index is -1.25. The summed E-state index contributed by atoms with van der Waals surface area (Å²) >= 11 is 0. The summed E-state index contributed by atoms with van der Waals surface area (Å²) in [6.45, 7) is 23.9. The van der Waals surface area contributed by atoms with E-state index in [4.69, 9.17) is 28.4 Å². The number of imidazole rings is 1. The second kappa shape index (κ2) is 16.6. The van der Waals surface area contributed by atoms with Crippen LogP contribution in [0, 0.1) is 0 Å². The van der Waals surface area contributed by atoms with E-state index in [1.807, 2.05) is 18.7 Å². The fourth-order valence-electron chi connectivity index (χ4n) is 6.21. The lowest BCUT2D eigenvalue weighted by atomic mass is 10.00. The third-order valence-corrected chi connectivity index (χ3v) is 8.43. The summed E-state index contributed by atoms with van der Waals surface area (Å²) in [6, 6.07) is -1.25. The molecule has 0 bridgehead atoms. The predicted octanol–water partition coefficient (Wildman–Crippen LogP) is 4.95. The molecule has 0 aliphatic carbocycles. The van der Waals surface area contributed by atoms with Crippen LogP contribution < -0.4 is 16.0 Å². The summed E-state index contributed by atoms with van der Waals surface area (Å²) in [6.07, 6.45) is -1.37. The number of aromatic nitrogens is 4. The average molecular weight is 793 g/mol. The van der Waals surface area contributed by atoms with E-state index in [1.54, 1.807) is 80.7 Å². The standard InChI is InChI=1S/C37H60N8O11/c1-33(2,3)54-30(48)41-21(29(46)47)14-16-44(17-15-36(10,11)43-32(50)56-35(7,8)9)18-22-24-25(53-37(12,13)52-24)28(51-22)45-20-40-23-26(38-19-39-27(23)45)42-31(49)55-34(4,5)6/h19-22,24-25,28H,14-18H2,1-13H3,(H,41,48)(H,43,50)(H,46,47)(H,38,39,42,49)/t21?,22-,24-,25-,28-/m1/s1. The van der Waals surface area contributed by atoms with Gasteiger partial charge in [0.2, 0.25) is 0 Å². The van der Waals surface area contributed by atoms with Crippen molar-refractivity contribution in [1.29, 1.82) is 0 Å². The van der Waals surface area contributed by atoms with E-state index in [0.717, 1.165) is 0 Å². The zero-order valence-electron chi connectivity index (χ0n) is 34.8. The molecule has 5 atom stereocenters. The fraction of sp³-hybridized carbons (Fsp3) is 0.757. The van der Waals surface area contributed by atoms with Gasteiger partial charge in [-0.3, -0.25) is 9.88 Å². The summed E-state index contributed by atoms with van der Waals surface area (Å²) in [5, 5.41) is 18.1. The lowest BCUT2D eigenvalue weighted by Gasteiger charge is -2.33. The minimum Gasteiger partial charge on any atom is -0.480 e. The van der Waals surface area contributed by atoms with Crippen LogP contribution in [-0.4, -0.2) is 126 Å². The van der Waals surface area contributed by atoms with E-state index in [0.29, 0.717) is 24.1 Å². The SMILES string of the molecule is CC(C)(CCN(CCC(NC(=O)OC(C)(C)C)C(=O)O)C[C@H]1O[C@@H](n2cnc3c(NC(=O)OC(C)(C)C)ncnc32)[C@@H]2OC(C)(C)O[C@@H]21)NC(=O)OC(C)(C)C. The largest absolute Gasteiger partial charge is 0.480 e. The Morgan fingerprint density at radius 3 is 2.05 bits per heavy atom. The molecule has 314 valence electrons. The first-order valence-corrected chi connectivity index (χ1v) is 18.7. The van der Waals surface area contributed by atoms with Gasteiger partial charge in [0.05, 0.1) is 6.33 Å². The molecule has 2 fully saturated rings. The normalized spacial score (nSPS) is 21.7. The molecule has 4 N–H and O–H groups in total. The number of nitrogens with one attached hydrogen (secondary N) is 3. The predicted molar refractivity (Wildman–Crippen MR) is 203 cm³/mol. The van der Waals surface area contributed by atoms with E-state index >= 15 is 0 Å². The number of ether oxygens (including phenoxy) is 6. The summed E-state index contributed by atoms with van der Waals surface area (Å²) < 4.78 is 37.3. The van der Waals surface area contributed by atoms with Gasteiger partial charge >= 0.3 is 24.2 Å². The monoisotopic (exact) mass is 792 g/mol. The molecule has 2 aromatic heterocycles. The zero-order chi connectivity index (χ0) is 42.0. The molecular weight excluding hydrogens is 732 g/mol. The van der Waals surface area contributed by atoms with Crippen LogP contribution in [0.25, 0.3) is 11.2 Å². The van der Waals surface area contributed by atoms with Crippen molar-refractivity contribution >= 4 is 41.2 Å². The molecule has 2 saturated heterocycles. The van der Waals surface area contributed by atoms with Crippen molar-refractivity contribution in [3.05, 3.63) is 12.7 Å². The third-order valence-electron chi connectivity index (χ3n) is 8.43. The van der Waals surface area contributed by atoms with Gasteiger partial charge in [0.1, 0.15) is 47.5 Å². The molecule has 0 aromatic carbocycles. The van der Waals surface area contributed by atoms with Crippen LogP contribution in [0.1, 0.15) is 109 Å². The second-order valence-electron chi connectivity index (χ2n) is 18.2. The number of anilines is 1. The van der Waals surface area contributed by atoms with Gasteiger partial charge in [0.25, 0.3) is 0 Å². The molecule has 2 aromatic rings. The van der Waals surface area contributed by atoms with Gasteiger partial charge in [-0.1, -0.05) is 0 Å². The van der Waals surface area contributed by atoms with Crippen molar-refractivity contribution in [3.8, 4) is 0 Å². The van der Waals surface area contributed by atoms with Gasteiger partial charge in [0.15, 0.2) is 29.0 Å². The van der Waals surface area contributed by atoms with Crippen LogP contribution in [0.5, 0.6) is 0 Å². The number of carbonyl (C=O) groups excluding carboxylic acids is 3. The third kappa shape index (κ3) is 12.9. The number of aliphatic carboxylic acids is 1. The van der Waals surface area contributed by atoms with Crippen molar-refractivity contribution in [1.82, 2.24) is 35.1 Å². The number of fused-ring (bicyclic) bond motifs is 2. The van der Waals surface area contributed by atoms with Gasteiger partial charge in [0, 0.05) is 25.2 Å². The zero-order valence-corrected chi connectivity index (χ0v) is 34.8. The fourth-order valence-corrected chi connectivity index (χ4v) is 6.21. The summed E-state index contributed by atoms with van der Waals surface area (Å²) in [4.78, 5) is 65.3. The summed E-state index contributed by atoms with van der Waals surface area (Å²) in [7, 11) is 0. The number of nitrogens with zero attached hydrogens (tertiary/aromatic N) is 5. The van der Waals surface area contributed by atoms with Gasteiger partial charge in [-0.25, -0.2) is 34.1 Å². The number of carboxylic acids is 1. The first-order chi connectivity index (χ1) is 25.6. The maximum Gasteiger partial charge on any atom is 0.413 e. The van der Waals surface area contributed by atoms with Gasteiger partial charge in [-0.15, -0.1) is 0 Å². The molecule has 4 heterocycles. The Hall–Kier alpha value is -4.33. The molecule has 1 unspecified atom stereocenters. The van der Waals surface area contributed by atoms with Crippen molar-refractivity contribution in [2.75, 3.05) is 25.0 Å². The molecule has 2 aliphatic heterocycles. The quantitative estimate of drug-likeness (QED) is 0.197. The number of hydrogen-bond donors (Lipinski definition) is 4. The lowest BCUT2D eigenvalue weighted by molar-refractivity contribution is -0.198. The molecule has 4 rings (SSSR count). The van der Waals surface area contributed by atoms with E-state index in [-0.39, 0.29) is 25.3 Å². The lowest BCUT2D eigenvalue weighted by Crippen LogP contribution is -2.49. The second-order valence-corrected chi connectivity index (χ2v) is 18.2. The number of hydrogen-bond acceptors (Lipinski definition) is 14. The Labute approximate surface area is 327 Å². The van der Waals surface area contributed by atoms with Crippen molar-refractivity contribution < 1.29 is 52.7 Å². The highest BCUT2D eigenvalue weighted by Gasteiger charge is 2.56. The number of rotatable bonds is 13. The Morgan fingerprint density at radius 2 is 1.45 bits per heavy atom. The highest BCUT2D eigenvalue weighted by Crippen LogP contribution is 2.44. The minimum absolute atomic E-state index is 0.0259. The molecule has 0 radical (unpaired) electrons. The van der Waals surface area contributed by atoms with Crippen molar-refractivity contribution in [2.24, 2.45) is 0 Å². The molecule has 19 heteroatoms. The molecule has 56 heavy (non-hydrogen) atoms. The molecule has 0 saturated carbocycles. The number of amides is 3. The molecule has 0 spiro atoms. The van der Waals surface area contributed by atoms with Crippen molar-refractivity contribution in [3.63, 3.8) is 0 Å². The topological polar surface area (TPSA) is 227 Å². The van der Waals surface area contributed by atoms with Crippen LogP contribution in [0.2, 0.25) is 0 Å². The van der Waals surface area contributed by atoms with Gasteiger partial charge < -0.3 is 49.1 Å². The van der Waals surface area contributed by atoms with Crippen molar-refractivity contribution in [2.45, 2.75) is 162 Å². The first-order valence-electron chi connectivity index (χ1n) is 18.7. The Balaban J connectivity index is 1.59. The van der Waals surface area contributed by atoms with E-state index in [2.05, 4.69) is 30.9 Å². The van der Waals surface area contributed by atoms with Gasteiger partial charge in [-0.05, 0) is 103 Å². The Morgan fingerprint density at radius 1 is 0.857 bits per heavy atom. The molecular formula is C37H60N8O11. The highest BCUT2D eigenvalue weighted by atomic mass is 16.8. The maximum atomic E-state index is 12.7. The highest BCUT2D eigenvalue weighted by molar-refractivity contribution is 5.93. The molecule has 3 amide bonds. The smallest absolute Gasteiger partial charge is 0.413 e. The van der Waals surface area contributed by atoms with Crippen LogP contribution in [0.15, 0.2) is 12.7 Å². The number of alkyl carbamates (subject to hydrolysis) is 2. The number of carboxylic acid groups (broad SMARTS) is 1. The van der Waals surface area contributed by atoms with Crippen LogP contribution in [-0.2, 0) is 33.2 Å². The van der Waals surface area contributed by atoms with Crippen LogP contribution in [0.4, 0.5) is 20.2 Å².